The third-order valence-electron chi connectivity index (χ3n) is 5.00. The fourth-order valence-corrected chi connectivity index (χ4v) is 3.58. The van der Waals surface area contributed by atoms with Gasteiger partial charge in [-0.05, 0) is 25.0 Å². The molecule has 0 unspecified atom stereocenters. The van der Waals surface area contributed by atoms with Gasteiger partial charge < -0.3 is 14.7 Å². The molecule has 6 heteroatoms. The summed E-state index contributed by atoms with van der Waals surface area (Å²) in [5, 5.41) is 0. The highest BCUT2D eigenvalue weighted by atomic mass is 19.1. The van der Waals surface area contributed by atoms with E-state index >= 15 is 0 Å². The number of H-pyrrole nitrogens is 2. The minimum absolute atomic E-state index is 0.110. The number of aliphatic imine (C=N–C) groups is 1. The van der Waals surface area contributed by atoms with Gasteiger partial charge in [0.2, 0.25) is 0 Å². The lowest BCUT2D eigenvalue weighted by atomic mass is 10.1. The first-order valence-electron chi connectivity index (χ1n) is 9.71. The number of aromatic amines is 2. The van der Waals surface area contributed by atoms with Crippen LogP contribution in [0.4, 0.5) is 8.78 Å². The molecule has 1 aromatic carbocycles. The number of rotatable bonds is 5. The number of ether oxygens (including phenoxy) is 1. The molecule has 2 aromatic heterocycles. The summed E-state index contributed by atoms with van der Waals surface area (Å²) >= 11 is 0. The van der Waals surface area contributed by atoms with Gasteiger partial charge in [-0.15, -0.1) is 0 Å². The highest BCUT2D eigenvalue weighted by molar-refractivity contribution is 5.84. The molecule has 2 heterocycles. The van der Waals surface area contributed by atoms with Crippen molar-refractivity contribution in [2.75, 3.05) is 0 Å². The normalized spacial score (nSPS) is 15.8. The summed E-state index contributed by atoms with van der Waals surface area (Å²) in [6.45, 7) is 0. The largest absolute Gasteiger partial charge is 0.455 e. The molecule has 1 aliphatic rings. The van der Waals surface area contributed by atoms with Crippen LogP contribution in [-0.2, 0) is 0 Å². The standard InChI is InChI=1S/C22H23F2N3O/c23-15-10-16(24)12-18(11-15)28-22-13-20(19-8-5-9-25-19)27-21(22)14-26-17-6-3-1-2-4-7-17/h5,8-14,17,25,27H,1-4,6-7H2. The Kier molecular flexibility index (Phi) is 5.55. The van der Waals surface area contributed by atoms with E-state index in [1.807, 2.05) is 24.4 Å². The van der Waals surface area contributed by atoms with Crippen molar-refractivity contribution in [2.45, 2.75) is 44.6 Å². The van der Waals surface area contributed by atoms with Gasteiger partial charge in [-0.1, -0.05) is 25.7 Å². The maximum atomic E-state index is 13.5. The predicted octanol–water partition coefficient (Wildman–Crippen LogP) is 6.22. The van der Waals surface area contributed by atoms with Crippen LogP contribution in [-0.4, -0.2) is 22.2 Å². The van der Waals surface area contributed by atoms with Crippen LogP contribution in [0, 0.1) is 11.6 Å². The van der Waals surface area contributed by atoms with Crippen molar-refractivity contribution in [2.24, 2.45) is 4.99 Å². The Labute approximate surface area is 162 Å². The van der Waals surface area contributed by atoms with E-state index in [0.717, 1.165) is 42.4 Å². The molecule has 3 aromatic rings. The van der Waals surface area contributed by atoms with Gasteiger partial charge in [0.15, 0.2) is 5.75 Å². The molecule has 2 N–H and O–H groups in total. The highest BCUT2D eigenvalue weighted by Gasteiger charge is 2.14. The molecule has 0 bridgehead atoms. The summed E-state index contributed by atoms with van der Waals surface area (Å²) in [6.07, 6.45) is 10.7. The monoisotopic (exact) mass is 383 g/mol. The lowest BCUT2D eigenvalue weighted by molar-refractivity contribution is 0.468. The van der Waals surface area contributed by atoms with Gasteiger partial charge in [-0.3, -0.25) is 4.99 Å². The zero-order valence-electron chi connectivity index (χ0n) is 15.6. The van der Waals surface area contributed by atoms with E-state index in [9.17, 15) is 8.78 Å². The lowest BCUT2D eigenvalue weighted by Gasteiger charge is -2.08. The van der Waals surface area contributed by atoms with E-state index in [1.54, 1.807) is 6.21 Å². The number of hydrogen-bond donors (Lipinski definition) is 2. The first-order chi connectivity index (χ1) is 13.7. The zero-order chi connectivity index (χ0) is 19.3. The van der Waals surface area contributed by atoms with Gasteiger partial charge in [0.25, 0.3) is 0 Å². The van der Waals surface area contributed by atoms with E-state index in [4.69, 9.17) is 9.73 Å². The van der Waals surface area contributed by atoms with E-state index in [0.29, 0.717) is 17.5 Å². The number of hydrogen-bond acceptors (Lipinski definition) is 2. The third-order valence-corrected chi connectivity index (χ3v) is 5.00. The van der Waals surface area contributed by atoms with Crippen LogP contribution in [0.15, 0.2) is 47.6 Å². The first kappa shape index (κ1) is 18.5. The van der Waals surface area contributed by atoms with Gasteiger partial charge in [0, 0.05) is 36.7 Å². The summed E-state index contributed by atoms with van der Waals surface area (Å²) in [5.41, 5.74) is 2.39. The predicted molar refractivity (Wildman–Crippen MR) is 106 cm³/mol. The van der Waals surface area contributed by atoms with Crippen LogP contribution in [0.3, 0.4) is 0 Å². The Morgan fingerprint density at radius 3 is 2.39 bits per heavy atom. The molecule has 28 heavy (non-hydrogen) atoms. The summed E-state index contributed by atoms with van der Waals surface area (Å²) in [5.74, 6) is -0.766. The van der Waals surface area contributed by atoms with E-state index in [-0.39, 0.29) is 5.75 Å². The summed E-state index contributed by atoms with van der Waals surface area (Å²) in [4.78, 5) is 11.2. The second-order valence-corrected chi connectivity index (χ2v) is 7.18. The quantitative estimate of drug-likeness (QED) is 0.399. The van der Waals surface area contributed by atoms with E-state index < -0.39 is 11.6 Å². The Morgan fingerprint density at radius 2 is 1.71 bits per heavy atom. The van der Waals surface area contributed by atoms with Gasteiger partial charge in [0.1, 0.15) is 23.1 Å². The Morgan fingerprint density at radius 1 is 0.964 bits per heavy atom. The van der Waals surface area contributed by atoms with Crippen molar-refractivity contribution in [3.63, 3.8) is 0 Å². The topological polar surface area (TPSA) is 53.2 Å². The minimum atomic E-state index is -0.677. The van der Waals surface area contributed by atoms with E-state index in [2.05, 4.69) is 9.97 Å². The Balaban J connectivity index is 1.63. The van der Waals surface area contributed by atoms with Crippen LogP contribution in [0.1, 0.15) is 44.2 Å². The average molecular weight is 383 g/mol. The Bertz CT molecular complexity index is 919. The molecule has 146 valence electrons. The van der Waals surface area contributed by atoms with Crippen molar-refractivity contribution < 1.29 is 13.5 Å². The lowest BCUT2D eigenvalue weighted by Crippen LogP contribution is -2.03. The SMILES string of the molecule is Fc1cc(F)cc(Oc2cc(-c3ccc[nH]3)[nH]c2C=NC2CCCCCC2)c1. The zero-order valence-corrected chi connectivity index (χ0v) is 15.6. The maximum Gasteiger partial charge on any atom is 0.154 e. The van der Waals surface area contributed by atoms with E-state index in [1.165, 1.54) is 25.7 Å². The molecule has 0 saturated heterocycles. The number of aromatic nitrogens is 2. The van der Waals surface area contributed by atoms with Gasteiger partial charge in [-0.25, -0.2) is 8.78 Å². The molecule has 4 rings (SSSR count). The number of halogens is 2. The van der Waals surface area contributed by atoms with Crippen LogP contribution in [0.2, 0.25) is 0 Å². The third kappa shape index (κ3) is 4.50. The van der Waals surface area contributed by atoms with Gasteiger partial charge in [0.05, 0.1) is 17.4 Å². The average Bonchev–Trinajstić information content (AvgIpc) is 3.24. The van der Waals surface area contributed by atoms with Gasteiger partial charge >= 0.3 is 0 Å². The molecule has 0 spiro atoms. The van der Waals surface area contributed by atoms with Crippen molar-refractivity contribution in [1.82, 2.24) is 9.97 Å². The van der Waals surface area contributed by atoms with Crippen molar-refractivity contribution >= 4 is 6.21 Å². The van der Waals surface area contributed by atoms with Crippen LogP contribution in [0.5, 0.6) is 11.5 Å². The van der Waals surface area contributed by atoms with Crippen molar-refractivity contribution in [3.05, 3.63) is 59.9 Å². The van der Waals surface area contributed by atoms with Gasteiger partial charge in [-0.2, -0.15) is 0 Å². The molecular formula is C22H23F2N3O. The number of nitrogens with zero attached hydrogens (tertiary/aromatic N) is 1. The van der Waals surface area contributed by atoms with Crippen molar-refractivity contribution in [1.29, 1.82) is 0 Å². The number of benzene rings is 1. The summed E-state index contributed by atoms with van der Waals surface area (Å²) in [7, 11) is 0. The molecule has 1 saturated carbocycles. The first-order valence-corrected chi connectivity index (χ1v) is 9.71. The molecule has 1 aliphatic carbocycles. The molecule has 0 atom stereocenters. The molecule has 1 fully saturated rings. The Hall–Kier alpha value is -2.89. The number of nitrogens with one attached hydrogen (secondary N) is 2. The highest BCUT2D eigenvalue weighted by Crippen LogP contribution is 2.31. The fraction of sp³-hybridized carbons (Fsp3) is 0.318. The second kappa shape index (κ2) is 8.42. The van der Waals surface area contributed by atoms with Crippen molar-refractivity contribution in [3.8, 4) is 22.9 Å². The molecule has 0 amide bonds. The molecule has 4 nitrogen and oxygen atoms in total. The minimum Gasteiger partial charge on any atom is -0.455 e. The maximum absolute atomic E-state index is 13.5. The summed E-state index contributed by atoms with van der Waals surface area (Å²) in [6, 6.07) is 9.10. The second-order valence-electron chi connectivity index (χ2n) is 7.18. The summed E-state index contributed by atoms with van der Waals surface area (Å²) < 4.78 is 32.9. The van der Waals surface area contributed by atoms with Crippen LogP contribution in [0.25, 0.3) is 11.4 Å². The molecular weight excluding hydrogens is 360 g/mol. The van der Waals surface area contributed by atoms with Crippen LogP contribution >= 0.6 is 0 Å². The molecule has 0 aliphatic heterocycles. The fourth-order valence-electron chi connectivity index (χ4n) is 3.58. The molecule has 0 radical (unpaired) electrons. The van der Waals surface area contributed by atoms with Crippen LogP contribution < -0.4 is 4.74 Å². The smallest absolute Gasteiger partial charge is 0.154 e.